The van der Waals surface area contributed by atoms with Crippen molar-refractivity contribution in [3.05, 3.63) is 35.3 Å². The molecule has 2 rings (SSSR count). The number of hydrogen-bond acceptors (Lipinski definition) is 2. The minimum atomic E-state index is -3.48. The van der Waals surface area contributed by atoms with Gasteiger partial charge in [-0.2, -0.15) is 0 Å². The lowest BCUT2D eigenvalue weighted by molar-refractivity contribution is -0.338. The third-order valence-electron chi connectivity index (χ3n) is 2.32. The molecule has 0 aromatic rings. The summed E-state index contributed by atoms with van der Waals surface area (Å²) in [7, 11) is 0. The third kappa shape index (κ3) is 2.37. The van der Waals surface area contributed by atoms with Crippen molar-refractivity contribution in [1.29, 1.82) is 0 Å². The largest absolute Gasteiger partial charge is 0.585 e. The Kier molecular flexibility index (Phi) is 2.50. The second-order valence-corrected chi connectivity index (χ2v) is 3.61. The number of allylic oxidation sites excluding steroid dienone is 5. The van der Waals surface area contributed by atoms with Crippen molar-refractivity contribution >= 4 is 0 Å². The molecule has 0 aromatic heterocycles. The van der Waals surface area contributed by atoms with Gasteiger partial charge in [-0.3, -0.25) is 0 Å². The smallest absolute Gasteiger partial charge is 0.400 e. The van der Waals surface area contributed by atoms with E-state index in [-0.39, 0.29) is 11.5 Å². The summed E-state index contributed by atoms with van der Waals surface area (Å²) in [5.74, 6) is 0.523. The zero-order valence-corrected chi connectivity index (χ0v) is 8.43. The van der Waals surface area contributed by atoms with E-state index in [1.54, 1.807) is 6.08 Å². The number of hydrogen-bond donors (Lipinski definition) is 0. The molecular weight excluding hydrogens is 202 g/mol. The Hall–Kier alpha value is -1.32. The Morgan fingerprint density at radius 2 is 2.00 bits per heavy atom. The molecule has 0 saturated carbocycles. The molecule has 82 valence electrons. The Balaban J connectivity index is 2.15. The van der Waals surface area contributed by atoms with E-state index in [0.29, 0.717) is 19.3 Å². The lowest BCUT2D eigenvalue weighted by Gasteiger charge is -2.08. The van der Waals surface area contributed by atoms with E-state index in [4.69, 9.17) is 0 Å². The maximum absolute atomic E-state index is 12.8. The van der Waals surface area contributed by atoms with Crippen molar-refractivity contribution in [2.45, 2.75) is 32.5 Å². The van der Waals surface area contributed by atoms with Gasteiger partial charge in [-0.05, 0) is 13.3 Å². The molecule has 15 heavy (non-hydrogen) atoms. The second kappa shape index (κ2) is 3.68. The number of rotatable bonds is 0. The first kappa shape index (κ1) is 10.2. The predicted octanol–water partition coefficient (Wildman–Crippen LogP) is 3.48. The van der Waals surface area contributed by atoms with Gasteiger partial charge >= 0.3 is 6.29 Å². The minimum Gasteiger partial charge on any atom is -0.400 e. The fourth-order valence-corrected chi connectivity index (χ4v) is 1.62. The SMILES string of the molecule is CC1=C\CCC2=C(C/C=C\1)OC(F)(F)O2. The standard InChI is InChI=1S/C11H12F2O2/c1-8-4-2-6-9-10(7-3-5-8)15-11(12,13)14-9/h2,4-5H,3,6-7H2,1H3/b4-2-,8-5+. The maximum Gasteiger partial charge on any atom is 0.585 e. The zero-order chi connectivity index (χ0) is 10.9. The summed E-state index contributed by atoms with van der Waals surface area (Å²) < 4.78 is 34.4. The third-order valence-corrected chi connectivity index (χ3v) is 2.32. The van der Waals surface area contributed by atoms with E-state index >= 15 is 0 Å². The first-order valence-electron chi connectivity index (χ1n) is 4.88. The van der Waals surface area contributed by atoms with Gasteiger partial charge < -0.3 is 9.47 Å². The van der Waals surface area contributed by atoms with Gasteiger partial charge in [0.1, 0.15) is 11.5 Å². The lowest BCUT2D eigenvalue weighted by atomic mass is 10.2. The van der Waals surface area contributed by atoms with Crippen molar-refractivity contribution in [2.24, 2.45) is 0 Å². The normalized spacial score (nSPS) is 29.9. The van der Waals surface area contributed by atoms with Crippen LogP contribution in [0.5, 0.6) is 0 Å². The first-order chi connectivity index (χ1) is 7.07. The second-order valence-electron chi connectivity index (χ2n) is 3.61. The zero-order valence-electron chi connectivity index (χ0n) is 8.43. The van der Waals surface area contributed by atoms with Crippen LogP contribution in [0.1, 0.15) is 26.2 Å². The van der Waals surface area contributed by atoms with E-state index in [2.05, 4.69) is 9.47 Å². The Labute approximate surface area is 86.9 Å². The highest BCUT2D eigenvalue weighted by Crippen LogP contribution is 2.37. The van der Waals surface area contributed by atoms with Gasteiger partial charge in [0.2, 0.25) is 0 Å². The van der Waals surface area contributed by atoms with Gasteiger partial charge in [0.25, 0.3) is 0 Å². The number of ether oxygens (including phenoxy) is 2. The monoisotopic (exact) mass is 214 g/mol. The van der Waals surface area contributed by atoms with Crippen LogP contribution in [0, 0.1) is 0 Å². The van der Waals surface area contributed by atoms with Crippen molar-refractivity contribution in [3.63, 3.8) is 0 Å². The first-order valence-corrected chi connectivity index (χ1v) is 4.88. The molecule has 0 saturated heterocycles. The van der Waals surface area contributed by atoms with E-state index in [9.17, 15) is 8.78 Å². The van der Waals surface area contributed by atoms with Crippen molar-refractivity contribution < 1.29 is 18.3 Å². The molecule has 1 aliphatic heterocycles. The van der Waals surface area contributed by atoms with Crippen molar-refractivity contribution in [3.8, 4) is 0 Å². The Bertz CT molecular complexity index is 354. The maximum atomic E-state index is 12.8. The summed E-state index contributed by atoms with van der Waals surface area (Å²) in [4.78, 5) is 0. The molecule has 0 bridgehead atoms. The van der Waals surface area contributed by atoms with Crippen LogP contribution in [0.3, 0.4) is 0 Å². The van der Waals surface area contributed by atoms with Crippen LogP contribution < -0.4 is 0 Å². The summed E-state index contributed by atoms with van der Waals surface area (Å²) >= 11 is 0. The van der Waals surface area contributed by atoms with Crippen molar-refractivity contribution in [1.82, 2.24) is 0 Å². The quantitative estimate of drug-likeness (QED) is 0.614. The molecule has 0 amide bonds. The summed E-state index contributed by atoms with van der Waals surface area (Å²) in [6.45, 7) is 1.98. The Morgan fingerprint density at radius 3 is 2.80 bits per heavy atom. The molecule has 0 atom stereocenters. The number of halogens is 2. The van der Waals surface area contributed by atoms with Gasteiger partial charge in [0.05, 0.1) is 0 Å². The van der Waals surface area contributed by atoms with E-state index < -0.39 is 6.29 Å². The fourth-order valence-electron chi connectivity index (χ4n) is 1.62. The van der Waals surface area contributed by atoms with Crippen LogP contribution >= 0.6 is 0 Å². The highest BCUT2D eigenvalue weighted by molar-refractivity contribution is 5.21. The van der Waals surface area contributed by atoms with Crippen LogP contribution in [0.15, 0.2) is 35.3 Å². The van der Waals surface area contributed by atoms with Gasteiger partial charge in [0, 0.05) is 12.8 Å². The minimum absolute atomic E-state index is 0.249. The van der Waals surface area contributed by atoms with Crippen LogP contribution in [-0.2, 0) is 9.47 Å². The molecule has 0 fully saturated rings. The van der Waals surface area contributed by atoms with Crippen LogP contribution in [-0.4, -0.2) is 6.29 Å². The Morgan fingerprint density at radius 1 is 1.27 bits per heavy atom. The number of alkyl halides is 2. The van der Waals surface area contributed by atoms with Crippen LogP contribution in [0.4, 0.5) is 8.78 Å². The summed E-state index contributed by atoms with van der Waals surface area (Å²) in [5, 5.41) is 0. The summed E-state index contributed by atoms with van der Waals surface area (Å²) in [6, 6.07) is 0. The molecule has 0 aromatic carbocycles. The average molecular weight is 214 g/mol. The molecule has 0 unspecified atom stereocenters. The highest BCUT2D eigenvalue weighted by Gasteiger charge is 2.44. The van der Waals surface area contributed by atoms with Gasteiger partial charge in [0.15, 0.2) is 0 Å². The molecule has 2 nitrogen and oxygen atoms in total. The highest BCUT2D eigenvalue weighted by atomic mass is 19.3. The summed E-state index contributed by atoms with van der Waals surface area (Å²) in [5.41, 5.74) is 1.13. The molecule has 4 heteroatoms. The van der Waals surface area contributed by atoms with Crippen LogP contribution in [0.25, 0.3) is 0 Å². The van der Waals surface area contributed by atoms with Gasteiger partial charge in [-0.1, -0.05) is 23.8 Å². The van der Waals surface area contributed by atoms with Crippen molar-refractivity contribution in [2.75, 3.05) is 0 Å². The summed E-state index contributed by atoms with van der Waals surface area (Å²) in [6.07, 6.45) is 3.73. The molecule has 0 radical (unpaired) electrons. The average Bonchev–Trinajstić information content (AvgIpc) is 2.42. The molecule has 1 aliphatic carbocycles. The van der Waals surface area contributed by atoms with Crippen LogP contribution in [0.2, 0.25) is 0 Å². The molecule has 2 aliphatic rings. The molecule has 1 heterocycles. The molecular formula is C11H12F2O2. The topological polar surface area (TPSA) is 18.5 Å². The fraction of sp³-hybridized carbons (Fsp3) is 0.455. The predicted molar refractivity (Wildman–Crippen MR) is 50.9 cm³/mol. The van der Waals surface area contributed by atoms with E-state index in [0.717, 1.165) is 5.57 Å². The molecule has 0 N–H and O–H groups in total. The lowest BCUT2D eigenvalue weighted by Crippen LogP contribution is -2.16. The van der Waals surface area contributed by atoms with Gasteiger partial charge in [-0.25, -0.2) is 0 Å². The van der Waals surface area contributed by atoms with Gasteiger partial charge in [-0.15, -0.1) is 8.78 Å². The molecule has 0 spiro atoms. The van der Waals surface area contributed by atoms with E-state index in [1.807, 2.05) is 19.1 Å². The van der Waals surface area contributed by atoms with E-state index in [1.165, 1.54) is 0 Å².